The first-order chi connectivity index (χ1) is 23.0. The minimum atomic E-state index is 0.234. The molecule has 0 spiro atoms. The molecule has 5 aromatic carbocycles. The smallest absolute Gasteiger partial charge is 0.164 e. The molecule has 1 aromatic heterocycles. The fourth-order valence-electron chi connectivity index (χ4n) is 8.09. The molecule has 5 nitrogen and oxygen atoms in total. The largest absolute Gasteiger partial charge is 0.208 e. The van der Waals surface area contributed by atoms with Crippen LogP contribution in [0.15, 0.2) is 109 Å². The second-order valence-corrected chi connectivity index (χ2v) is 13.5. The van der Waals surface area contributed by atoms with Crippen LogP contribution in [0, 0.1) is 34.5 Å². The minimum Gasteiger partial charge on any atom is -0.208 e. The summed E-state index contributed by atoms with van der Waals surface area (Å²) in [6.45, 7) is 2.44. The molecule has 5 heteroatoms. The molecule has 1 heterocycles. The Hall–Kier alpha value is -5.65. The SMILES string of the molecule is CC1(c2ccc(-c3ccc(-c4nc(-c5ccc(C#N)cc5)nc(-c5cccc6ccccc56)n4)cc3C#N)cc2)C[C@@H]2CC[C@H](C2)C1. The Morgan fingerprint density at radius 2 is 1.26 bits per heavy atom. The van der Waals surface area contributed by atoms with Gasteiger partial charge in [-0.15, -0.1) is 0 Å². The highest BCUT2D eigenvalue weighted by Gasteiger charge is 2.41. The lowest BCUT2D eigenvalue weighted by molar-refractivity contribution is 0.232. The van der Waals surface area contributed by atoms with Gasteiger partial charge in [0.05, 0.1) is 23.3 Å². The number of benzene rings is 5. The third-order valence-corrected chi connectivity index (χ3v) is 10.4. The van der Waals surface area contributed by atoms with E-state index >= 15 is 0 Å². The van der Waals surface area contributed by atoms with E-state index in [1.807, 2.05) is 54.6 Å². The van der Waals surface area contributed by atoms with Gasteiger partial charge in [-0.1, -0.05) is 98.6 Å². The standard InChI is InChI=1S/C42H33N5/c1-42(23-28-9-10-29(21-28)24-42)35-18-15-31(16-19-35)36-20-17-33(22-34(36)26-44)40-45-39(32-13-11-27(25-43)12-14-32)46-41(47-40)38-8-4-6-30-5-2-3-7-37(30)38/h2-8,11-20,22,28-29H,9-10,21,23-24H2,1H3/t28-,29-/m1/s1. The maximum atomic E-state index is 10.3. The lowest BCUT2D eigenvalue weighted by atomic mass is 9.66. The van der Waals surface area contributed by atoms with E-state index in [1.54, 1.807) is 12.1 Å². The molecular formula is C42H33N5. The zero-order chi connectivity index (χ0) is 32.0. The van der Waals surface area contributed by atoms with E-state index in [-0.39, 0.29) is 5.41 Å². The summed E-state index contributed by atoms with van der Waals surface area (Å²) in [7, 11) is 0. The number of nitrogens with zero attached hydrogens (tertiary/aromatic N) is 5. The van der Waals surface area contributed by atoms with Crippen LogP contribution < -0.4 is 0 Å². The first kappa shape index (κ1) is 28.8. The highest BCUT2D eigenvalue weighted by molar-refractivity contribution is 5.95. The summed E-state index contributed by atoms with van der Waals surface area (Å²) in [6, 6.07) is 41.0. The second-order valence-electron chi connectivity index (χ2n) is 13.5. The zero-order valence-corrected chi connectivity index (χ0v) is 26.3. The van der Waals surface area contributed by atoms with Crippen LogP contribution >= 0.6 is 0 Å². The molecule has 8 rings (SSSR count). The summed E-state index contributed by atoms with van der Waals surface area (Å²) in [6.07, 6.45) is 6.73. The van der Waals surface area contributed by atoms with E-state index in [0.29, 0.717) is 28.6 Å². The molecule has 0 amide bonds. The van der Waals surface area contributed by atoms with Crippen LogP contribution in [-0.4, -0.2) is 15.0 Å². The van der Waals surface area contributed by atoms with Gasteiger partial charge in [-0.05, 0) is 94.3 Å². The monoisotopic (exact) mass is 607 g/mol. The lowest BCUT2D eigenvalue weighted by Crippen LogP contribution is -2.30. The lowest BCUT2D eigenvalue weighted by Gasteiger charge is -2.38. The van der Waals surface area contributed by atoms with Gasteiger partial charge in [0.25, 0.3) is 0 Å². The van der Waals surface area contributed by atoms with Crippen molar-refractivity contribution < 1.29 is 0 Å². The fourth-order valence-corrected chi connectivity index (χ4v) is 8.09. The molecule has 2 bridgehead atoms. The summed E-state index contributed by atoms with van der Waals surface area (Å²) in [5.74, 6) is 3.27. The van der Waals surface area contributed by atoms with Crippen molar-refractivity contribution in [2.45, 2.75) is 44.4 Å². The van der Waals surface area contributed by atoms with Crippen molar-refractivity contribution in [1.82, 2.24) is 15.0 Å². The molecule has 47 heavy (non-hydrogen) atoms. The third-order valence-electron chi connectivity index (χ3n) is 10.4. The predicted molar refractivity (Wildman–Crippen MR) is 186 cm³/mol. The molecule has 2 saturated carbocycles. The van der Waals surface area contributed by atoms with Gasteiger partial charge >= 0.3 is 0 Å². The van der Waals surface area contributed by atoms with Crippen molar-refractivity contribution in [1.29, 1.82) is 10.5 Å². The van der Waals surface area contributed by atoms with Gasteiger partial charge in [-0.25, -0.2) is 15.0 Å². The van der Waals surface area contributed by atoms with E-state index in [1.165, 1.54) is 37.7 Å². The molecule has 0 radical (unpaired) electrons. The summed E-state index contributed by atoms with van der Waals surface area (Å²) in [5, 5.41) is 21.8. The Morgan fingerprint density at radius 1 is 0.617 bits per heavy atom. The molecule has 0 unspecified atom stereocenters. The van der Waals surface area contributed by atoms with Crippen LogP contribution in [0.4, 0.5) is 0 Å². The normalized spacial score (nSPS) is 20.1. The average Bonchev–Trinajstić information content (AvgIpc) is 3.48. The topological polar surface area (TPSA) is 86.2 Å². The Bertz CT molecular complexity index is 2200. The zero-order valence-electron chi connectivity index (χ0n) is 26.3. The van der Waals surface area contributed by atoms with E-state index in [9.17, 15) is 10.5 Å². The Balaban J connectivity index is 1.19. The average molecular weight is 608 g/mol. The van der Waals surface area contributed by atoms with Crippen molar-refractivity contribution >= 4 is 10.8 Å². The maximum absolute atomic E-state index is 10.3. The van der Waals surface area contributed by atoms with Gasteiger partial charge in [0.1, 0.15) is 0 Å². The summed E-state index contributed by atoms with van der Waals surface area (Å²) >= 11 is 0. The first-order valence-electron chi connectivity index (χ1n) is 16.4. The van der Waals surface area contributed by atoms with E-state index < -0.39 is 0 Å². The van der Waals surface area contributed by atoms with Crippen molar-refractivity contribution in [2.24, 2.45) is 11.8 Å². The molecule has 0 aliphatic heterocycles. The quantitative estimate of drug-likeness (QED) is 0.195. The number of hydrogen-bond donors (Lipinski definition) is 0. The van der Waals surface area contributed by atoms with Gasteiger partial charge < -0.3 is 0 Å². The number of fused-ring (bicyclic) bond motifs is 3. The Kier molecular flexibility index (Phi) is 7.12. The van der Waals surface area contributed by atoms with E-state index in [2.05, 4.69) is 61.5 Å². The van der Waals surface area contributed by atoms with Crippen molar-refractivity contribution in [3.05, 3.63) is 126 Å². The van der Waals surface area contributed by atoms with Crippen molar-refractivity contribution in [2.75, 3.05) is 0 Å². The van der Waals surface area contributed by atoms with Crippen LogP contribution in [0.3, 0.4) is 0 Å². The third kappa shape index (κ3) is 5.35. The van der Waals surface area contributed by atoms with E-state index in [4.69, 9.17) is 15.0 Å². The molecule has 2 fully saturated rings. The molecule has 0 N–H and O–H groups in total. The molecule has 6 aromatic rings. The molecule has 226 valence electrons. The van der Waals surface area contributed by atoms with Gasteiger partial charge in [0.2, 0.25) is 0 Å². The van der Waals surface area contributed by atoms with Crippen LogP contribution in [0.25, 0.3) is 56.1 Å². The molecule has 2 atom stereocenters. The van der Waals surface area contributed by atoms with Gasteiger partial charge in [-0.2, -0.15) is 10.5 Å². The van der Waals surface area contributed by atoms with Crippen molar-refractivity contribution in [3.8, 4) is 57.4 Å². The highest BCUT2D eigenvalue weighted by atomic mass is 15.0. The van der Waals surface area contributed by atoms with Crippen LogP contribution in [0.1, 0.15) is 55.7 Å². The fraction of sp³-hybridized carbons (Fsp3) is 0.214. The van der Waals surface area contributed by atoms with Crippen molar-refractivity contribution in [3.63, 3.8) is 0 Å². The summed E-state index contributed by atoms with van der Waals surface area (Å²) in [4.78, 5) is 14.8. The van der Waals surface area contributed by atoms with Crippen LogP contribution in [0.5, 0.6) is 0 Å². The number of nitriles is 2. The van der Waals surface area contributed by atoms with Crippen LogP contribution in [0.2, 0.25) is 0 Å². The number of aromatic nitrogens is 3. The van der Waals surface area contributed by atoms with Gasteiger partial charge in [-0.3, -0.25) is 0 Å². The van der Waals surface area contributed by atoms with E-state index in [0.717, 1.165) is 50.4 Å². The predicted octanol–water partition coefficient (Wildman–Crippen LogP) is 9.90. The summed E-state index contributed by atoms with van der Waals surface area (Å²) in [5.41, 5.74) is 7.14. The maximum Gasteiger partial charge on any atom is 0.164 e. The van der Waals surface area contributed by atoms with Gasteiger partial charge in [0, 0.05) is 16.7 Å². The molecular weight excluding hydrogens is 574 g/mol. The first-order valence-corrected chi connectivity index (χ1v) is 16.4. The van der Waals surface area contributed by atoms with Crippen LogP contribution in [-0.2, 0) is 5.41 Å². The Morgan fingerprint density at radius 3 is 1.98 bits per heavy atom. The Labute approximate surface area is 275 Å². The second kappa shape index (κ2) is 11.6. The summed E-state index contributed by atoms with van der Waals surface area (Å²) < 4.78 is 0. The highest BCUT2D eigenvalue weighted by Crippen LogP contribution is 2.51. The molecule has 2 aliphatic carbocycles. The minimum absolute atomic E-state index is 0.234. The number of rotatable bonds is 5. The van der Waals surface area contributed by atoms with Gasteiger partial charge in [0.15, 0.2) is 17.5 Å². The molecule has 2 aliphatic rings. The number of hydrogen-bond acceptors (Lipinski definition) is 5. The molecule has 0 saturated heterocycles.